The molecule has 0 bridgehead atoms. The minimum atomic E-state index is -0.748. The second-order valence-corrected chi connectivity index (χ2v) is 6.17. The van der Waals surface area contributed by atoms with E-state index in [1.165, 1.54) is 0 Å². The highest BCUT2D eigenvalue weighted by Crippen LogP contribution is 2.22. The van der Waals surface area contributed by atoms with E-state index < -0.39 is 11.5 Å². The molecule has 21 heavy (non-hydrogen) atoms. The quantitative estimate of drug-likeness (QED) is 0.637. The van der Waals surface area contributed by atoms with Gasteiger partial charge in [0.2, 0.25) is 0 Å². The van der Waals surface area contributed by atoms with Crippen LogP contribution in [0.5, 0.6) is 0 Å². The number of esters is 1. The SMILES string of the molecule is CC(C)(C)C(=O)OC(C=O)Cc1cccc2ccccc12. The van der Waals surface area contributed by atoms with E-state index in [1.807, 2.05) is 42.5 Å². The summed E-state index contributed by atoms with van der Waals surface area (Å²) in [5.41, 5.74) is 0.395. The molecule has 3 nitrogen and oxygen atoms in total. The maximum Gasteiger partial charge on any atom is 0.311 e. The summed E-state index contributed by atoms with van der Waals surface area (Å²) in [5.74, 6) is -0.361. The molecule has 0 saturated heterocycles. The lowest BCUT2D eigenvalue weighted by atomic mass is 9.96. The number of aldehydes is 1. The average molecular weight is 284 g/mol. The van der Waals surface area contributed by atoms with Crippen LogP contribution in [0, 0.1) is 5.41 Å². The van der Waals surface area contributed by atoms with Gasteiger partial charge in [0.15, 0.2) is 12.4 Å². The van der Waals surface area contributed by atoms with Gasteiger partial charge >= 0.3 is 5.97 Å². The van der Waals surface area contributed by atoms with E-state index in [2.05, 4.69) is 0 Å². The van der Waals surface area contributed by atoms with Gasteiger partial charge in [-0.2, -0.15) is 0 Å². The zero-order valence-electron chi connectivity index (χ0n) is 12.6. The van der Waals surface area contributed by atoms with Gasteiger partial charge in [-0.05, 0) is 37.1 Å². The van der Waals surface area contributed by atoms with E-state index >= 15 is 0 Å². The Morgan fingerprint density at radius 3 is 2.48 bits per heavy atom. The van der Waals surface area contributed by atoms with E-state index in [4.69, 9.17) is 4.74 Å². The van der Waals surface area contributed by atoms with Gasteiger partial charge < -0.3 is 4.74 Å². The predicted molar refractivity (Wildman–Crippen MR) is 83.1 cm³/mol. The van der Waals surface area contributed by atoms with Gasteiger partial charge in [0.25, 0.3) is 0 Å². The molecule has 0 aromatic heterocycles. The Morgan fingerprint density at radius 2 is 1.81 bits per heavy atom. The third kappa shape index (κ3) is 3.69. The van der Waals surface area contributed by atoms with Crippen LogP contribution in [0.15, 0.2) is 42.5 Å². The molecule has 3 heteroatoms. The van der Waals surface area contributed by atoms with Crippen molar-refractivity contribution in [2.75, 3.05) is 0 Å². The highest BCUT2D eigenvalue weighted by Gasteiger charge is 2.26. The Kier molecular flexibility index (Phi) is 4.41. The number of fused-ring (bicyclic) bond motifs is 1. The summed E-state index contributed by atoms with van der Waals surface area (Å²) in [7, 11) is 0. The molecule has 2 aromatic rings. The summed E-state index contributed by atoms with van der Waals surface area (Å²) in [6.07, 6.45) is 0.348. The molecular formula is C18H20O3. The molecule has 0 aliphatic rings. The minimum Gasteiger partial charge on any atom is -0.454 e. The van der Waals surface area contributed by atoms with Gasteiger partial charge in [-0.25, -0.2) is 0 Å². The molecule has 0 fully saturated rings. The topological polar surface area (TPSA) is 43.4 Å². The summed E-state index contributed by atoms with van der Waals surface area (Å²) in [5, 5.41) is 2.19. The lowest BCUT2D eigenvalue weighted by Crippen LogP contribution is -2.30. The van der Waals surface area contributed by atoms with E-state index in [9.17, 15) is 9.59 Å². The second-order valence-electron chi connectivity index (χ2n) is 6.17. The van der Waals surface area contributed by atoms with Crippen molar-refractivity contribution in [3.8, 4) is 0 Å². The summed E-state index contributed by atoms with van der Waals surface area (Å²) in [6.45, 7) is 5.32. The van der Waals surface area contributed by atoms with Crippen molar-refractivity contribution in [3.63, 3.8) is 0 Å². The minimum absolute atomic E-state index is 0.361. The molecule has 0 aliphatic carbocycles. The number of carbonyl (C=O) groups excluding carboxylic acids is 2. The van der Waals surface area contributed by atoms with Crippen LogP contribution < -0.4 is 0 Å². The van der Waals surface area contributed by atoms with E-state index in [1.54, 1.807) is 20.8 Å². The molecule has 0 saturated carbocycles. The first-order valence-corrected chi connectivity index (χ1v) is 7.05. The van der Waals surface area contributed by atoms with Gasteiger partial charge in [-0.1, -0.05) is 42.5 Å². The number of carbonyl (C=O) groups is 2. The van der Waals surface area contributed by atoms with Crippen LogP contribution in [0.4, 0.5) is 0 Å². The molecule has 1 unspecified atom stereocenters. The van der Waals surface area contributed by atoms with Crippen molar-refractivity contribution in [2.45, 2.75) is 33.3 Å². The maximum atomic E-state index is 11.9. The molecule has 2 rings (SSSR count). The van der Waals surface area contributed by atoms with Crippen molar-refractivity contribution in [1.82, 2.24) is 0 Å². The number of ether oxygens (including phenoxy) is 1. The number of hydrogen-bond acceptors (Lipinski definition) is 3. The highest BCUT2D eigenvalue weighted by molar-refractivity contribution is 5.86. The smallest absolute Gasteiger partial charge is 0.311 e. The molecule has 0 radical (unpaired) electrons. The molecule has 0 aliphatic heterocycles. The lowest BCUT2D eigenvalue weighted by molar-refractivity contribution is -0.160. The highest BCUT2D eigenvalue weighted by atomic mass is 16.5. The lowest BCUT2D eigenvalue weighted by Gasteiger charge is -2.20. The number of rotatable bonds is 4. The van der Waals surface area contributed by atoms with Gasteiger partial charge in [0, 0.05) is 6.42 Å². The van der Waals surface area contributed by atoms with Crippen LogP contribution in [-0.2, 0) is 20.7 Å². The third-order valence-electron chi connectivity index (χ3n) is 3.32. The Bertz CT molecular complexity index is 648. The average Bonchev–Trinajstić information content (AvgIpc) is 2.45. The number of hydrogen-bond donors (Lipinski definition) is 0. The summed E-state index contributed by atoms with van der Waals surface area (Å²) in [4.78, 5) is 23.1. The fourth-order valence-corrected chi connectivity index (χ4v) is 2.12. The molecule has 1 atom stereocenters. The largest absolute Gasteiger partial charge is 0.454 e. The first-order chi connectivity index (χ1) is 9.91. The van der Waals surface area contributed by atoms with Crippen LogP contribution in [0.25, 0.3) is 10.8 Å². The maximum absolute atomic E-state index is 11.9. The molecule has 110 valence electrons. The van der Waals surface area contributed by atoms with Crippen molar-refractivity contribution < 1.29 is 14.3 Å². The molecule has 2 aromatic carbocycles. The van der Waals surface area contributed by atoms with Gasteiger partial charge in [-0.15, -0.1) is 0 Å². The Labute approximate surface area is 124 Å². The zero-order chi connectivity index (χ0) is 15.5. The first kappa shape index (κ1) is 15.2. The van der Waals surface area contributed by atoms with Gasteiger partial charge in [0.1, 0.15) is 0 Å². The fourth-order valence-electron chi connectivity index (χ4n) is 2.12. The Hall–Kier alpha value is -2.16. The Morgan fingerprint density at radius 1 is 1.14 bits per heavy atom. The summed E-state index contributed by atoms with van der Waals surface area (Å²) >= 11 is 0. The predicted octanol–water partition coefficient (Wildman–Crippen LogP) is 3.54. The van der Waals surface area contributed by atoms with Crippen LogP contribution in [0.3, 0.4) is 0 Å². The van der Waals surface area contributed by atoms with E-state index in [-0.39, 0.29) is 5.97 Å². The molecule has 0 N–H and O–H groups in total. The second kappa shape index (κ2) is 6.08. The summed E-state index contributed by atoms with van der Waals surface area (Å²) < 4.78 is 5.31. The van der Waals surface area contributed by atoms with Crippen LogP contribution in [0.2, 0.25) is 0 Å². The monoisotopic (exact) mass is 284 g/mol. The first-order valence-electron chi connectivity index (χ1n) is 7.05. The van der Waals surface area contributed by atoms with Crippen molar-refractivity contribution in [1.29, 1.82) is 0 Å². The Balaban J connectivity index is 2.21. The van der Waals surface area contributed by atoms with Crippen LogP contribution in [0.1, 0.15) is 26.3 Å². The molecule has 0 amide bonds. The zero-order valence-corrected chi connectivity index (χ0v) is 12.6. The fraction of sp³-hybridized carbons (Fsp3) is 0.333. The van der Waals surface area contributed by atoms with Crippen molar-refractivity contribution >= 4 is 23.0 Å². The number of benzene rings is 2. The normalized spacial score (nSPS) is 12.9. The third-order valence-corrected chi connectivity index (χ3v) is 3.32. The van der Waals surface area contributed by atoms with Gasteiger partial charge in [0.05, 0.1) is 5.41 Å². The van der Waals surface area contributed by atoms with Gasteiger partial charge in [-0.3, -0.25) is 9.59 Å². The van der Waals surface area contributed by atoms with Crippen LogP contribution in [-0.4, -0.2) is 18.4 Å². The van der Waals surface area contributed by atoms with Crippen LogP contribution >= 0.6 is 0 Å². The van der Waals surface area contributed by atoms with E-state index in [0.717, 1.165) is 16.3 Å². The molecule has 0 heterocycles. The summed E-state index contributed by atoms with van der Waals surface area (Å²) in [6, 6.07) is 13.9. The molecular weight excluding hydrogens is 264 g/mol. The molecule has 0 spiro atoms. The standard InChI is InChI=1S/C18H20O3/c1-18(2,3)17(20)21-15(12-19)11-14-9-6-8-13-7-4-5-10-16(13)14/h4-10,12,15H,11H2,1-3H3. The van der Waals surface area contributed by atoms with Crippen molar-refractivity contribution in [2.24, 2.45) is 5.41 Å². The van der Waals surface area contributed by atoms with Crippen molar-refractivity contribution in [3.05, 3.63) is 48.0 Å². The van der Waals surface area contributed by atoms with E-state index in [0.29, 0.717) is 12.7 Å².